The van der Waals surface area contributed by atoms with Crippen LogP contribution in [0.15, 0.2) is 36.4 Å². The highest BCUT2D eigenvalue weighted by atomic mass is 19.1. The first-order chi connectivity index (χ1) is 10.0. The van der Waals surface area contributed by atoms with Gasteiger partial charge in [-0.05, 0) is 42.3 Å². The van der Waals surface area contributed by atoms with E-state index in [2.05, 4.69) is 0 Å². The number of ether oxygens (including phenoxy) is 2. The summed E-state index contributed by atoms with van der Waals surface area (Å²) in [5.41, 5.74) is 1.03. The maximum Gasteiger partial charge on any atom is 0.165 e. The van der Waals surface area contributed by atoms with Gasteiger partial charge in [-0.15, -0.1) is 0 Å². The van der Waals surface area contributed by atoms with Crippen molar-refractivity contribution in [1.82, 2.24) is 0 Å². The number of benzene rings is 2. The number of aliphatic hydroxyl groups excluding tert-OH is 1. The normalized spacial score (nSPS) is 12.0. The van der Waals surface area contributed by atoms with Crippen LogP contribution in [0.5, 0.6) is 11.5 Å². The zero-order valence-corrected chi connectivity index (χ0v) is 11.8. The smallest absolute Gasteiger partial charge is 0.165 e. The molecular formula is C16H16F2O3. The van der Waals surface area contributed by atoms with E-state index in [9.17, 15) is 13.9 Å². The molecule has 2 aromatic rings. The molecule has 0 aromatic heterocycles. The minimum Gasteiger partial charge on any atom is -0.494 e. The lowest BCUT2D eigenvalue weighted by Crippen LogP contribution is -2.00. The highest BCUT2D eigenvalue weighted by Gasteiger charge is 2.09. The molecule has 0 saturated carbocycles. The van der Waals surface area contributed by atoms with Gasteiger partial charge in [-0.25, -0.2) is 8.78 Å². The van der Waals surface area contributed by atoms with Crippen molar-refractivity contribution in [3.05, 3.63) is 59.2 Å². The number of halogens is 2. The summed E-state index contributed by atoms with van der Waals surface area (Å²) < 4.78 is 37.4. The number of methoxy groups -OCH3 is 1. The number of aliphatic hydroxyl groups is 1. The van der Waals surface area contributed by atoms with Crippen LogP contribution in [0.25, 0.3) is 0 Å². The Morgan fingerprint density at radius 2 is 1.71 bits per heavy atom. The predicted octanol–water partition coefficient (Wildman–Crippen LogP) is 3.61. The van der Waals surface area contributed by atoms with Gasteiger partial charge in [0.25, 0.3) is 0 Å². The second-order valence-electron chi connectivity index (χ2n) is 4.62. The van der Waals surface area contributed by atoms with Gasteiger partial charge < -0.3 is 14.6 Å². The van der Waals surface area contributed by atoms with Crippen LogP contribution < -0.4 is 9.47 Å². The van der Waals surface area contributed by atoms with Crippen molar-refractivity contribution < 1.29 is 23.4 Å². The van der Waals surface area contributed by atoms with Crippen LogP contribution in [0.1, 0.15) is 24.2 Å². The van der Waals surface area contributed by atoms with E-state index >= 15 is 0 Å². The Kier molecular flexibility index (Phi) is 4.75. The maximum atomic E-state index is 13.8. The predicted molar refractivity (Wildman–Crippen MR) is 74.3 cm³/mol. The molecule has 0 bridgehead atoms. The Morgan fingerprint density at radius 3 is 2.29 bits per heavy atom. The average Bonchev–Trinajstić information content (AvgIpc) is 2.46. The molecule has 21 heavy (non-hydrogen) atoms. The van der Waals surface area contributed by atoms with Crippen LogP contribution in [0.4, 0.5) is 8.78 Å². The van der Waals surface area contributed by atoms with Gasteiger partial charge in [-0.2, -0.15) is 0 Å². The van der Waals surface area contributed by atoms with Crippen LogP contribution in [0, 0.1) is 11.6 Å². The van der Waals surface area contributed by atoms with Gasteiger partial charge in [0.2, 0.25) is 0 Å². The van der Waals surface area contributed by atoms with E-state index in [4.69, 9.17) is 9.47 Å². The SMILES string of the molecule is COc1ccc(COc2ccc([C@@H](C)O)cc2F)cc1F. The van der Waals surface area contributed by atoms with Gasteiger partial charge in [0, 0.05) is 0 Å². The third-order valence-electron chi connectivity index (χ3n) is 3.05. The maximum absolute atomic E-state index is 13.8. The van der Waals surface area contributed by atoms with Crippen LogP contribution in [0.3, 0.4) is 0 Å². The topological polar surface area (TPSA) is 38.7 Å². The molecule has 0 aliphatic heterocycles. The Bertz CT molecular complexity index is 627. The number of rotatable bonds is 5. The van der Waals surface area contributed by atoms with Crippen molar-refractivity contribution >= 4 is 0 Å². The Balaban J connectivity index is 2.08. The van der Waals surface area contributed by atoms with Gasteiger partial charge in [0.05, 0.1) is 13.2 Å². The summed E-state index contributed by atoms with van der Waals surface area (Å²) in [4.78, 5) is 0. The molecule has 112 valence electrons. The molecule has 3 nitrogen and oxygen atoms in total. The Morgan fingerprint density at radius 1 is 1.05 bits per heavy atom. The molecule has 0 heterocycles. The van der Waals surface area contributed by atoms with Crippen molar-refractivity contribution in [3.8, 4) is 11.5 Å². The first kappa shape index (κ1) is 15.3. The summed E-state index contributed by atoms with van der Waals surface area (Å²) in [5.74, 6) is -0.868. The van der Waals surface area contributed by atoms with Gasteiger partial charge in [-0.1, -0.05) is 12.1 Å². The largest absolute Gasteiger partial charge is 0.494 e. The Hall–Kier alpha value is -2.14. The first-order valence-corrected chi connectivity index (χ1v) is 6.44. The standard InChI is InChI=1S/C16H16F2O3/c1-10(19)12-4-6-16(14(18)8-12)21-9-11-3-5-15(20-2)13(17)7-11/h3-8,10,19H,9H2,1-2H3/t10-/m1/s1. The van der Waals surface area contributed by atoms with Crippen LogP contribution >= 0.6 is 0 Å². The van der Waals surface area contributed by atoms with E-state index in [-0.39, 0.29) is 18.1 Å². The van der Waals surface area contributed by atoms with Crippen molar-refractivity contribution in [2.75, 3.05) is 7.11 Å². The summed E-state index contributed by atoms with van der Waals surface area (Å²) in [6, 6.07) is 8.65. The molecule has 2 rings (SSSR count). The summed E-state index contributed by atoms with van der Waals surface area (Å²) in [6.45, 7) is 1.58. The summed E-state index contributed by atoms with van der Waals surface area (Å²) in [6.07, 6.45) is -0.746. The summed E-state index contributed by atoms with van der Waals surface area (Å²) >= 11 is 0. The average molecular weight is 294 g/mol. The highest BCUT2D eigenvalue weighted by molar-refractivity contribution is 5.32. The van der Waals surface area contributed by atoms with Crippen LogP contribution in [-0.4, -0.2) is 12.2 Å². The van der Waals surface area contributed by atoms with E-state index in [1.54, 1.807) is 19.1 Å². The second-order valence-corrected chi connectivity index (χ2v) is 4.62. The zero-order valence-electron chi connectivity index (χ0n) is 11.8. The molecule has 0 aliphatic carbocycles. The van der Waals surface area contributed by atoms with E-state index < -0.39 is 17.7 Å². The third kappa shape index (κ3) is 3.70. The third-order valence-corrected chi connectivity index (χ3v) is 3.05. The summed E-state index contributed by atoms with van der Waals surface area (Å²) in [7, 11) is 1.38. The lowest BCUT2D eigenvalue weighted by molar-refractivity contribution is 0.198. The summed E-state index contributed by atoms with van der Waals surface area (Å²) in [5, 5.41) is 9.37. The molecule has 2 aromatic carbocycles. The van der Waals surface area contributed by atoms with Crippen LogP contribution in [-0.2, 0) is 6.61 Å². The van der Waals surface area contributed by atoms with Crippen molar-refractivity contribution in [2.24, 2.45) is 0 Å². The highest BCUT2D eigenvalue weighted by Crippen LogP contribution is 2.24. The van der Waals surface area contributed by atoms with Crippen molar-refractivity contribution in [1.29, 1.82) is 0 Å². The molecule has 1 N–H and O–H groups in total. The molecule has 1 atom stereocenters. The van der Waals surface area contributed by atoms with Gasteiger partial charge in [0.15, 0.2) is 23.1 Å². The molecule has 0 amide bonds. The van der Waals surface area contributed by atoms with E-state index in [1.165, 1.54) is 31.4 Å². The molecule has 0 fully saturated rings. The van der Waals surface area contributed by atoms with Gasteiger partial charge in [-0.3, -0.25) is 0 Å². The minimum absolute atomic E-state index is 0.0336. The van der Waals surface area contributed by atoms with Gasteiger partial charge >= 0.3 is 0 Å². The van der Waals surface area contributed by atoms with E-state index in [0.717, 1.165) is 0 Å². The molecule has 0 unspecified atom stereocenters. The van der Waals surface area contributed by atoms with Gasteiger partial charge in [0.1, 0.15) is 6.61 Å². The quantitative estimate of drug-likeness (QED) is 0.915. The molecule has 5 heteroatoms. The fraction of sp³-hybridized carbons (Fsp3) is 0.250. The van der Waals surface area contributed by atoms with Crippen LogP contribution in [0.2, 0.25) is 0 Å². The number of hydrogen-bond acceptors (Lipinski definition) is 3. The van der Waals surface area contributed by atoms with Crippen molar-refractivity contribution in [2.45, 2.75) is 19.6 Å². The molecular weight excluding hydrogens is 278 g/mol. The number of hydrogen-bond donors (Lipinski definition) is 1. The minimum atomic E-state index is -0.746. The van der Waals surface area contributed by atoms with E-state index in [0.29, 0.717) is 11.1 Å². The van der Waals surface area contributed by atoms with Crippen molar-refractivity contribution in [3.63, 3.8) is 0 Å². The lowest BCUT2D eigenvalue weighted by Gasteiger charge is -2.10. The zero-order chi connectivity index (χ0) is 15.4. The molecule has 0 spiro atoms. The fourth-order valence-electron chi connectivity index (χ4n) is 1.85. The van der Waals surface area contributed by atoms with E-state index in [1.807, 2.05) is 0 Å². The molecule has 0 radical (unpaired) electrons. The lowest BCUT2D eigenvalue weighted by atomic mass is 10.1. The monoisotopic (exact) mass is 294 g/mol. The first-order valence-electron chi connectivity index (χ1n) is 6.44. The second kappa shape index (κ2) is 6.54. The fourth-order valence-corrected chi connectivity index (χ4v) is 1.85. The molecule has 0 aliphatic rings. The Labute approximate surface area is 121 Å². The molecule has 0 saturated heterocycles.